The van der Waals surface area contributed by atoms with Crippen molar-refractivity contribution in [2.75, 3.05) is 6.54 Å². The molecule has 1 unspecified atom stereocenters. The third kappa shape index (κ3) is 5.47. The highest BCUT2D eigenvalue weighted by atomic mass is 19.4. The quantitative estimate of drug-likeness (QED) is 0.710. The normalized spacial score (nSPS) is 14.8. The summed E-state index contributed by atoms with van der Waals surface area (Å²) in [5, 5.41) is 2.92. The Morgan fingerprint density at radius 1 is 1.07 bits per heavy atom. The van der Waals surface area contributed by atoms with Gasteiger partial charge in [0.25, 0.3) is 0 Å². The fourth-order valence-electron chi connectivity index (χ4n) is 1.77. The van der Waals surface area contributed by atoms with Crippen LogP contribution >= 0.6 is 0 Å². The lowest BCUT2D eigenvalue weighted by molar-refractivity contribution is -0.143. The molecule has 1 N–H and O–H groups in total. The first-order valence-electron chi connectivity index (χ1n) is 5.24. The second-order valence-corrected chi connectivity index (χ2v) is 3.56. The molecule has 0 rings (SSSR count). The average Bonchev–Trinajstić information content (AvgIpc) is 2.04. The van der Waals surface area contributed by atoms with Crippen LogP contribution in [0.15, 0.2) is 0 Å². The zero-order valence-corrected chi connectivity index (χ0v) is 9.12. The molecule has 0 bridgehead atoms. The Morgan fingerprint density at radius 3 is 1.86 bits per heavy atom. The molecule has 0 aliphatic rings. The molecule has 0 radical (unpaired) electrons. The lowest BCUT2D eigenvalue weighted by Crippen LogP contribution is -2.39. The maximum atomic E-state index is 12.2. The third-order valence-corrected chi connectivity index (χ3v) is 2.54. The van der Waals surface area contributed by atoms with Gasteiger partial charge in [0.05, 0.1) is 6.42 Å². The minimum atomic E-state index is -4.06. The molecule has 0 heterocycles. The SMILES string of the molecule is CCNC(CC(F)(F)F)C(CC)CC. The molecule has 0 saturated heterocycles. The van der Waals surface area contributed by atoms with E-state index in [1.807, 2.05) is 20.8 Å². The Kier molecular flexibility index (Phi) is 6.16. The van der Waals surface area contributed by atoms with Crippen LogP contribution < -0.4 is 5.32 Å². The highest BCUT2D eigenvalue weighted by Crippen LogP contribution is 2.27. The molecule has 1 atom stereocenters. The first-order chi connectivity index (χ1) is 6.44. The molecule has 0 aromatic heterocycles. The van der Waals surface area contributed by atoms with Gasteiger partial charge in [-0.2, -0.15) is 13.2 Å². The maximum Gasteiger partial charge on any atom is 0.390 e. The molecule has 0 spiro atoms. The summed E-state index contributed by atoms with van der Waals surface area (Å²) in [6.45, 7) is 6.31. The van der Waals surface area contributed by atoms with Gasteiger partial charge in [-0.05, 0) is 12.5 Å². The van der Waals surface area contributed by atoms with Crippen molar-refractivity contribution in [1.82, 2.24) is 5.32 Å². The zero-order valence-electron chi connectivity index (χ0n) is 9.12. The van der Waals surface area contributed by atoms with Gasteiger partial charge in [-0.15, -0.1) is 0 Å². The Morgan fingerprint density at radius 2 is 1.57 bits per heavy atom. The fraction of sp³-hybridized carbons (Fsp3) is 1.00. The van der Waals surface area contributed by atoms with Gasteiger partial charge in [-0.1, -0.05) is 33.6 Å². The van der Waals surface area contributed by atoms with Crippen molar-refractivity contribution in [3.8, 4) is 0 Å². The largest absolute Gasteiger partial charge is 0.390 e. The van der Waals surface area contributed by atoms with Gasteiger partial charge >= 0.3 is 6.18 Å². The highest BCUT2D eigenvalue weighted by molar-refractivity contribution is 4.77. The van der Waals surface area contributed by atoms with Gasteiger partial charge in [-0.3, -0.25) is 0 Å². The van der Waals surface area contributed by atoms with Crippen LogP contribution in [-0.2, 0) is 0 Å². The summed E-state index contributed by atoms with van der Waals surface area (Å²) in [6.07, 6.45) is -3.18. The topological polar surface area (TPSA) is 12.0 Å². The maximum absolute atomic E-state index is 12.2. The number of rotatable bonds is 6. The summed E-state index contributed by atoms with van der Waals surface area (Å²) in [5.41, 5.74) is 0. The highest BCUT2D eigenvalue weighted by Gasteiger charge is 2.34. The monoisotopic (exact) mass is 211 g/mol. The molecule has 1 nitrogen and oxygen atoms in total. The van der Waals surface area contributed by atoms with E-state index in [9.17, 15) is 13.2 Å². The molecule has 0 aliphatic heterocycles. The summed E-state index contributed by atoms with van der Waals surface area (Å²) in [4.78, 5) is 0. The number of alkyl halides is 3. The molecule has 0 aromatic carbocycles. The van der Waals surface area contributed by atoms with Gasteiger partial charge in [0.15, 0.2) is 0 Å². The molecule has 0 aliphatic carbocycles. The number of hydrogen-bond donors (Lipinski definition) is 1. The molecule has 0 amide bonds. The molecule has 0 aromatic rings. The Bertz CT molecular complexity index is 141. The molecule has 0 fully saturated rings. The van der Waals surface area contributed by atoms with Gasteiger partial charge in [0, 0.05) is 6.04 Å². The minimum absolute atomic E-state index is 0.122. The summed E-state index contributed by atoms with van der Waals surface area (Å²) in [5.74, 6) is 0.122. The van der Waals surface area contributed by atoms with Crippen molar-refractivity contribution in [3.05, 3.63) is 0 Å². The van der Waals surface area contributed by atoms with Crippen LogP contribution in [-0.4, -0.2) is 18.8 Å². The van der Waals surface area contributed by atoms with Crippen LogP contribution in [0.3, 0.4) is 0 Å². The van der Waals surface area contributed by atoms with Crippen molar-refractivity contribution in [2.24, 2.45) is 5.92 Å². The van der Waals surface area contributed by atoms with E-state index in [4.69, 9.17) is 0 Å². The van der Waals surface area contributed by atoms with Gasteiger partial charge in [0.2, 0.25) is 0 Å². The number of nitrogens with one attached hydrogen (secondary N) is 1. The summed E-state index contributed by atoms with van der Waals surface area (Å²) in [6, 6.07) is -0.421. The zero-order chi connectivity index (χ0) is 11.2. The smallest absolute Gasteiger partial charge is 0.314 e. The Hall–Kier alpha value is -0.250. The lowest BCUT2D eigenvalue weighted by Gasteiger charge is -2.26. The lowest BCUT2D eigenvalue weighted by atomic mass is 9.91. The van der Waals surface area contributed by atoms with Crippen molar-refractivity contribution >= 4 is 0 Å². The first kappa shape index (κ1) is 13.8. The molecule has 4 heteroatoms. The van der Waals surface area contributed by atoms with Crippen LogP contribution in [0.2, 0.25) is 0 Å². The van der Waals surface area contributed by atoms with E-state index in [1.165, 1.54) is 0 Å². The van der Waals surface area contributed by atoms with E-state index in [0.29, 0.717) is 6.54 Å². The van der Waals surface area contributed by atoms with Gasteiger partial charge < -0.3 is 5.32 Å². The van der Waals surface area contributed by atoms with Crippen molar-refractivity contribution in [1.29, 1.82) is 0 Å². The van der Waals surface area contributed by atoms with Gasteiger partial charge in [0.1, 0.15) is 0 Å². The van der Waals surface area contributed by atoms with E-state index in [1.54, 1.807) is 0 Å². The summed E-state index contributed by atoms with van der Waals surface area (Å²) in [7, 11) is 0. The number of halogens is 3. The predicted octanol–water partition coefficient (Wildman–Crippen LogP) is 3.35. The molecular formula is C10H20F3N. The summed E-state index contributed by atoms with van der Waals surface area (Å²) >= 11 is 0. The van der Waals surface area contributed by atoms with Crippen LogP contribution in [0.4, 0.5) is 13.2 Å². The summed E-state index contributed by atoms with van der Waals surface area (Å²) < 4.78 is 36.7. The Balaban J connectivity index is 4.26. The van der Waals surface area contributed by atoms with Crippen LogP contribution in [0.1, 0.15) is 40.0 Å². The van der Waals surface area contributed by atoms with Crippen molar-refractivity contribution < 1.29 is 13.2 Å². The molecule has 86 valence electrons. The predicted molar refractivity (Wildman–Crippen MR) is 52.2 cm³/mol. The standard InChI is InChI=1S/C10H20F3N/c1-4-8(5-2)9(14-6-3)7-10(11,12)13/h8-9,14H,4-7H2,1-3H3. The van der Waals surface area contributed by atoms with E-state index in [0.717, 1.165) is 12.8 Å². The fourth-order valence-corrected chi connectivity index (χ4v) is 1.77. The van der Waals surface area contributed by atoms with E-state index in [2.05, 4.69) is 5.32 Å². The second-order valence-electron chi connectivity index (χ2n) is 3.56. The van der Waals surface area contributed by atoms with E-state index < -0.39 is 18.6 Å². The van der Waals surface area contributed by atoms with Crippen LogP contribution in [0.5, 0.6) is 0 Å². The Labute approximate surface area is 84.1 Å². The number of hydrogen-bond acceptors (Lipinski definition) is 1. The van der Waals surface area contributed by atoms with Crippen molar-refractivity contribution in [3.63, 3.8) is 0 Å². The first-order valence-corrected chi connectivity index (χ1v) is 5.24. The van der Waals surface area contributed by atoms with E-state index >= 15 is 0 Å². The van der Waals surface area contributed by atoms with Crippen LogP contribution in [0, 0.1) is 5.92 Å². The van der Waals surface area contributed by atoms with Crippen LogP contribution in [0.25, 0.3) is 0 Å². The van der Waals surface area contributed by atoms with E-state index in [-0.39, 0.29) is 5.92 Å². The third-order valence-electron chi connectivity index (χ3n) is 2.54. The van der Waals surface area contributed by atoms with Gasteiger partial charge in [-0.25, -0.2) is 0 Å². The second kappa shape index (κ2) is 6.27. The molecule has 0 saturated carbocycles. The molecule has 14 heavy (non-hydrogen) atoms. The average molecular weight is 211 g/mol. The van der Waals surface area contributed by atoms with Crippen molar-refractivity contribution in [2.45, 2.75) is 52.3 Å². The minimum Gasteiger partial charge on any atom is -0.314 e. The molecular weight excluding hydrogens is 191 g/mol.